The predicted octanol–water partition coefficient (Wildman–Crippen LogP) is 2.77. The molecule has 0 aromatic heterocycles. The predicted molar refractivity (Wildman–Crippen MR) is 78.8 cm³/mol. The van der Waals surface area contributed by atoms with Gasteiger partial charge in [-0.05, 0) is 36.4 Å². The van der Waals surface area contributed by atoms with E-state index in [4.69, 9.17) is 0 Å². The molecule has 118 valence electrons. The van der Waals surface area contributed by atoms with E-state index < -0.39 is 28.3 Å². The van der Waals surface area contributed by atoms with Gasteiger partial charge in [0.15, 0.2) is 0 Å². The smallest absolute Gasteiger partial charge is 0.337 e. The molecule has 2 aromatic carbocycles. The number of carbonyl (C=O) groups excluding carboxylic acids is 2. The summed E-state index contributed by atoms with van der Waals surface area (Å²) in [5.41, 5.74) is -0.161. The first-order valence-corrected chi connectivity index (χ1v) is 6.36. The minimum absolute atomic E-state index is 0.0601. The van der Waals surface area contributed by atoms with Crippen LogP contribution in [0.3, 0.4) is 0 Å². The summed E-state index contributed by atoms with van der Waals surface area (Å²) in [6.45, 7) is 0. The first-order chi connectivity index (χ1) is 10.9. The average molecular weight is 318 g/mol. The van der Waals surface area contributed by atoms with Gasteiger partial charge in [0, 0.05) is 17.3 Å². The Bertz CT molecular complexity index is 774. The van der Waals surface area contributed by atoms with Crippen LogP contribution < -0.4 is 5.32 Å². The highest BCUT2D eigenvalue weighted by Gasteiger charge is 2.17. The van der Waals surface area contributed by atoms with Crippen LogP contribution in [0.25, 0.3) is 0 Å². The number of nitrogens with one attached hydrogen (secondary N) is 1. The number of nitrogens with zero attached hydrogens (tertiary/aromatic N) is 1. The van der Waals surface area contributed by atoms with Crippen LogP contribution in [-0.2, 0) is 4.74 Å². The van der Waals surface area contributed by atoms with Crippen molar-refractivity contribution in [3.63, 3.8) is 0 Å². The summed E-state index contributed by atoms with van der Waals surface area (Å²) >= 11 is 0. The van der Waals surface area contributed by atoms with Crippen molar-refractivity contribution in [3.05, 3.63) is 69.5 Å². The molecule has 0 fully saturated rings. The van der Waals surface area contributed by atoms with Crippen molar-refractivity contribution in [2.24, 2.45) is 0 Å². The van der Waals surface area contributed by atoms with E-state index in [2.05, 4.69) is 10.1 Å². The third-order valence-corrected chi connectivity index (χ3v) is 2.97. The van der Waals surface area contributed by atoms with Gasteiger partial charge in [0.25, 0.3) is 5.91 Å². The highest BCUT2D eigenvalue weighted by atomic mass is 19.1. The van der Waals surface area contributed by atoms with Gasteiger partial charge in [-0.3, -0.25) is 14.9 Å². The van der Waals surface area contributed by atoms with Gasteiger partial charge < -0.3 is 10.1 Å². The summed E-state index contributed by atoms with van der Waals surface area (Å²) in [5, 5.41) is 13.2. The Balaban J connectivity index is 2.17. The lowest BCUT2D eigenvalue weighted by molar-refractivity contribution is -0.387. The summed E-state index contributed by atoms with van der Waals surface area (Å²) in [6.07, 6.45) is 0. The minimum atomic E-state index is -1.02. The number of ether oxygens (including phenoxy) is 1. The zero-order valence-corrected chi connectivity index (χ0v) is 11.9. The van der Waals surface area contributed by atoms with Gasteiger partial charge in [0.05, 0.1) is 17.6 Å². The fourth-order valence-electron chi connectivity index (χ4n) is 1.80. The van der Waals surface area contributed by atoms with E-state index in [0.29, 0.717) is 11.3 Å². The molecule has 1 amide bonds. The van der Waals surface area contributed by atoms with Gasteiger partial charge in [-0.1, -0.05) is 0 Å². The molecule has 2 aromatic rings. The average Bonchev–Trinajstić information content (AvgIpc) is 2.54. The molecule has 0 unspecified atom stereocenters. The summed E-state index contributed by atoms with van der Waals surface area (Å²) in [6, 6.07) is 8.70. The molecule has 0 saturated carbocycles. The van der Waals surface area contributed by atoms with Gasteiger partial charge in [-0.15, -0.1) is 0 Å². The van der Waals surface area contributed by atoms with E-state index >= 15 is 0 Å². The fourth-order valence-corrected chi connectivity index (χ4v) is 1.80. The number of hydrogen-bond acceptors (Lipinski definition) is 5. The molecule has 0 bridgehead atoms. The Kier molecular flexibility index (Phi) is 4.65. The van der Waals surface area contributed by atoms with Crippen molar-refractivity contribution >= 4 is 23.3 Å². The maximum Gasteiger partial charge on any atom is 0.337 e. The number of methoxy groups -OCH3 is 1. The van der Waals surface area contributed by atoms with Crippen molar-refractivity contribution < 1.29 is 23.6 Å². The number of rotatable bonds is 4. The summed E-state index contributed by atoms with van der Waals surface area (Å²) in [7, 11) is 1.25. The molecule has 0 heterocycles. The number of carbonyl (C=O) groups is 2. The molecule has 0 aliphatic rings. The Labute approximate surface area is 129 Å². The number of hydrogen-bond donors (Lipinski definition) is 1. The van der Waals surface area contributed by atoms with Crippen molar-refractivity contribution in [3.8, 4) is 0 Å². The van der Waals surface area contributed by atoms with Crippen molar-refractivity contribution in [1.29, 1.82) is 0 Å². The highest BCUT2D eigenvalue weighted by Crippen LogP contribution is 2.19. The second-order valence-electron chi connectivity index (χ2n) is 4.45. The lowest BCUT2D eigenvalue weighted by Gasteiger charge is -2.06. The van der Waals surface area contributed by atoms with Gasteiger partial charge in [0.2, 0.25) is 5.82 Å². The van der Waals surface area contributed by atoms with Crippen LogP contribution in [0.1, 0.15) is 20.7 Å². The largest absolute Gasteiger partial charge is 0.465 e. The molecule has 2 rings (SSSR count). The molecule has 0 atom stereocenters. The maximum atomic E-state index is 13.2. The van der Waals surface area contributed by atoms with Gasteiger partial charge >= 0.3 is 11.7 Å². The molecule has 1 N–H and O–H groups in total. The molecule has 23 heavy (non-hydrogen) atoms. The normalized spacial score (nSPS) is 10.0. The molecule has 0 radical (unpaired) electrons. The van der Waals surface area contributed by atoms with Gasteiger partial charge in [0.1, 0.15) is 0 Å². The molecule has 8 heteroatoms. The van der Waals surface area contributed by atoms with Crippen LogP contribution >= 0.6 is 0 Å². The van der Waals surface area contributed by atoms with Crippen molar-refractivity contribution in [2.75, 3.05) is 12.4 Å². The first kappa shape index (κ1) is 16.1. The van der Waals surface area contributed by atoms with Gasteiger partial charge in [-0.2, -0.15) is 4.39 Å². The minimum Gasteiger partial charge on any atom is -0.465 e. The number of halogens is 1. The number of esters is 1. The van der Waals surface area contributed by atoms with Gasteiger partial charge in [-0.25, -0.2) is 4.79 Å². The number of nitro groups is 1. The Morgan fingerprint density at radius 2 is 1.74 bits per heavy atom. The summed E-state index contributed by atoms with van der Waals surface area (Å²) in [5.74, 6) is -2.18. The number of benzene rings is 2. The number of nitro benzene ring substituents is 1. The Hall–Kier alpha value is -3.29. The highest BCUT2D eigenvalue weighted by molar-refractivity contribution is 6.04. The van der Waals surface area contributed by atoms with Crippen LogP contribution in [-0.4, -0.2) is 23.9 Å². The van der Waals surface area contributed by atoms with E-state index in [1.807, 2.05) is 0 Å². The lowest BCUT2D eigenvalue weighted by Crippen LogP contribution is -2.12. The molecule has 0 aliphatic carbocycles. The van der Waals surface area contributed by atoms with Crippen LogP contribution in [0.4, 0.5) is 15.8 Å². The Morgan fingerprint density at radius 1 is 1.13 bits per heavy atom. The monoisotopic (exact) mass is 318 g/mol. The molecule has 0 aliphatic heterocycles. The molecule has 0 saturated heterocycles. The van der Waals surface area contributed by atoms with E-state index in [1.165, 1.54) is 31.4 Å². The Morgan fingerprint density at radius 3 is 2.30 bits per heavy atom. The molecule has 0 spiro atoms. The molecule has 7 nitrogen and oxygen atoms in total. The second-order valence-corrected chi connectivity index (χ2v) is 4.45. The third-order valence-electron chi connectivity index (χ3n) is 2.97. The van der Waals surface area contributed by atoms with E-state index in [0.717, 1.165) is 18.2 Å². The van der Waals surface area contributed by atoms with E-state index in [1.54, 1.807) is 0 Å². The second kappa shape index (κ2) is 6.65. The van der Waals surface area contributed by atoms with Crippen LogP contribution in [0.5, 0.6) is 0 Å². The molecular formula is C15H11FN2O5. The SMILES string of the molecule is COC(=O)c1ccc(NC(=O)c2ccc(F)c([N+](=O)[O-])c2)cc1. The summed E-state index contributed by atoms with van der Waals surface area (Å²) in [4.78, 5) is 33.1. The van der Waals surface area contributed by atoms with Crippen LogP contribution in [0, 0.1) is 15.9 Å². The topological polar surface area (TPSA) is 98.5 Å². The van der Waals surface area contributed by atoms with E-state index in [-0.39, 0.29) is 5.56 Å². The zero-order valence-electron chi connectivity index (χ0n) is 11.9. The van der Waals surface area contributed by atoms with Crippen molar-refractivity contribution in [1.82, 2.24) is 0 Å². The maximum absolute atomic E-state index is 13.2. The zero-order chi connectivity index (χ0) is 17.0. The fraction of sp³-hybridized carbons (Fsp3) is 0.0667. The van der Waals surface area contributed by atoms with Crippen LogP contribution in [0.2, 0.25) is 0 Å². The first-order valence-electron chi connectivity index (χ1n) is 6.36. The molecular weight excluding hydrogens is 307 g/mol. The third kappa shape index (κ3) is 3.67. The quantitative estimate of drug-likeness (QED) is 0.531. The summed E-state index contributed by atoms with van der Waals surface area (Å²) < 4.78 is 17.8. The number of amides is 1. The lowest BCUT2D eigenvalue weighted by atomic mass is 10.1. The number of anilines is 1. The van der Waals surface area contributed by atoms with Crippen molar-refractivity contribution in [2.45, 2.75) is 0 Å². The standard InChI is InChI=1S/C15H11FN2O5/c1-23-15(20)9-2-5-11(6-3-9)17-14(19)10-4-7-12(16)13(8-10)18(21)22/h2-8H,1H3,(H,17,19). The van der Waals surface area contributed by atoms with Crippen LogP contribution in [0.15, 0.2) is 42.5 Å². The van der Waals surface area contributed by atoms with E-state index in [9.17, 15) is 24.1 Å².